The number of rotatable bonds is 4. The molecule has 7 heteroatoms. The molecule has 0 fully saturated rings. The number of carbonyl (C=O) groups excluding carboxylic acids is 1. The van der Waals surface area contributed by atoms with E-state index in [0.29, 0.717) is 16.5 Å². The molecule has 18 heavy (non-hydrogen) atoms. The number of hydrogen-bond donors (Lipinski definition) is 0. The minimum atomic E-state index is -4.34. The minimum absolute atomic E-state index is 0.113. The van der Waals surface area contributed by atoms with Crippen molar-refractivity contribution in [2.45, 2.75) is 27.5 Å². The Balaban J connectivity index is 3.13. The zero-order valence-corrected chi connectivity index (χ0v) is 13.2. The third-order valence-electron chi connectivity index (χ3n) is 2.11. The minimum Gasteiger partial charge on any atom is -0.298 e. The summed E-state index contributed by atoms with van der Waals surface area (Å²) >= 11 is 6.14. The number of thioether (sulfide) groups is 1. The predicted molar refractivity (Wildman–Crippen MR) is 73.3 cm³/mol. The van der Waals surface area contributed by atoms with Crippen molar-refractivity contribution in [1.82, 2.24) is 0 Å². The molecule has 1 aromatic carbocycles. The summed E-state index contributed by atoms with van der Waals surface area (Å²) in [6.07, 6.45) is 0. The van der Waals surface area contributed by atoms with Gasteiger partial charge in [-0.3, -0.25) is 4.79 Å². The molecular formula is C11H9Br2F3OS. The Hall–Kier alpha value is -0.0100. The normalized spacial score (nSPS) is 13.4. The summed E-state index contributed by atoms with van der Waals surface area (Å²) in [5, 5.41) is 0.332. The van der Waals surface area contributed by atoms with E-state index < -0.39 is 10.3 Å². The smallest absolute Gasteiger partial charge is 0.298 e. The molecule has 0 aliphatic heterocycles. The van der Waals surface area contributed by atoms with Crippen LogP contribution in [0.5, 0.6) is 0 Å². The Kier molecular flexibility index (Phi) is 5.73. The van der Waals surface area contributed by atoms with Gasteiger partial charge in [0.05, 0.1) is 4.83 Å². The van der Waals surface area contributed by atoms with Crippen molar-refractivity contribution in [2.24, 2.45) is 0 Å². The van der Waals surface area contributed by atoms with Crippen molar-refractivity contribution in [3.05, 3.63) is 29.3 Å². The van der Waals surface area contributed by atoms with Crippen molar-refractivity contribution < 1.29 is 18.0 Å². The largest absolute Gasteiger partial charge is 0.446 e. The first-order valence-electron chi connectivity index (χ1n) is 4.83. The molecule has 0 heterocycles. The van der Waals surface area contributed by atoms with Gasteiger partial charge in [-0.25, -0.2) is 0 Å². The molecule has 1 unspecified atom stereocenters. The van der Waals surface area contributed by atoms with E-state index in [1.54, 1.807) is 12.1 Å². The van der Waals surface area contributed by atoms with Crippen LogP contribution < -0.4 is 0 Å². The van der Waals surface area contributed by atoms with E-state index in [4.69, 9.17) is 0 Å². The monoisotopic (exact) mass is 404 g/mol. The molecule has 1 aromatic rings. The zero-order chi connectivity index (χ0) is 13.9. The number of benzene rings is 1. The fourth-order valence-electron chi connectivity index (χ4n) is 1.29. The molecule has 0 aliphatic carbocycles. The summed E-state index contributed by atoms with van der Waals surface area (Å²) in [6, 6.07) is 4.64. The second kappa shape index (κ2) is 6.43. The van der Waals surface area contributed by atoms with E-state index in [1.807, 2.05) is 0 Å². The van der Waals surface area contributed by atoms with Crippen molar-refractivity contribution >= 4 is 49.4 Å². The lowest BCUT2D eigenvalue weighted by atomic mass is 10.1. The maximum atomic E-state index is 12.4. The summed E-state index contributed by atoms with van der Waals surface area (Å²) in [7, 11) is 0. The first kappa shape index (κ1) is 16.0. The van der Waals surface area contributed by atoms with Gasteiger partial charge in [0.25, 0.3) is 0 Å². The second-order valence-corrected chi connectivity index (χ2v) is 6.11. The Labute approximate surface area is 124 Å². The molecule has 100 valence electrons. The zero-order valence-electron chi connectivity index (χ0n) is 9.22. The number of ketones is 1. The molecule has 0 amide bonds. The van der Waals surface area contributed by atoms with Gasteiger partial charge in [0.1, 0.15) is 5.78 Å². The van der Waals surface area contributed by atoms with Gasteiger partial charge in [0, 0.05) is 10.2 Å². The van der Waals surface area contributed by atoms with Crippen LogP contribution in [0.2, 0.25) is 0 Å². The van der Waals surface area contributed by atoms with Gasteiger partial charge in [-0.15, -0.1) is 0 Å². The highest BCUT2D eigenvalue weighted by Gasteiger charge is 2.30. The number of carbonyl (C=O) groups is 1. The van der Waals surface area contributed by atoms with E-state index in [-0.39, 0.29) is 22.4 Å². The van der Waals surface area contributed by atoms with Crippen LogP contribution >= 0.6 is 43.6 Å². The molecule has 0 N–H and O–H groups in total. The number of Topliss-reactive ketones (excluding diaryl/α,β-unsaturated/α-hetero) is 1. The average molecular weight is 406 g/mol. The van der Waals surface area contributed by atoms with Crippen LogP contribution in [0, 0.1) is 0 Å². The molecule has 1 atom stereocenters. The quantitative estimate of drug-likeness (QED) is 0.504. The lowest BCUT2D eigenvalue weighted by molar-refractivity contribution is -0.116. The summed E-state index contributed by atoms with van der Waals surface area (Å²) in [5.41, 5.74) is -3.27. The Morgan fingerprint density at radius 2 is 2.06 bits per heavy atom. The molecule has 0 radical (unpaired) electrons. The number of halogens is 5. The maximum Gasteiger partial charge on any atom is 0.446 e. The van der Waals surface area contributed by atoms with E-state index in [1.165, 1.54) is 13.0 Å². The topological polar surface area (TPSA) is 17.1 Å². The van der Waals surface area contributed by atoms with Crippen molar-refractivity contribution in [3.63, 3.8) is 0 Å². The standard InChI is InChI=1S/C11H9Br2F3OS/c1-6(17)10(13)7-2-3-8(5-12)9(4-7)18-11(14,15)16/h2-4,10H,5H2,1H3. The Morgan fingerprint density at radius 1 is 1.44 bits per heavy atom. The fraction of sp³-hybridized carbons (Fsp3) is 0.364. The molecule has 0 spiro atoms. The van der Waals surface area contributed by atoms with E-state index >= 15 is 0 Å². The molecule has 0 aliphatic rings. The van der Waals surface area contributed by atoms with Crippen molar-refractivity contribution in [3.8, 4) is 0 Å². The van der Waals surface area contributed by atoms with E-state index in [9.17, 15) is 18.0 Å². The molecule has 0 saturated heterocycles. The summed E-state index contributed by atoms with van der Waals surface area (Å²) in [6.45, 7) is 1.38. The lowest BCUT2D eigenvalue weighted by Gasteiger charge is -2.13. The van der Waals surface area contributed by atoms with Crippen LogP contribution in [-0.2, 0) is 10.1 Å². The third kappa shape index (κ3) is 4.59. The molecule has 1 nitrogen and oxygen atoms in total. The summed E-state index contributed by atoms with van der Waals surface area (Å²) in [4.78, 5) is 10.7. The SMILES string of the molecule is CC(=O)C(Br)c1ccc(CBr)c(SC(F)(F)F)c1. The van der Waals surface area contributed by atoms with Gasteiger partial charge in [-0.1, -0.05) is 44.0 Å². The van der Waals surface area contributed by atoms with E-state index in [0.717, 1.165) is 0 Å². The molecule has 0 bridgehead atoms. The maximum absolute atomic E-state index is 12.4. The van der Waals surface area contributed by atoms with Gasteiger partial charge in [-0.2, -0.15) is 13.2 Å². The van der Waals surface area contributed by atoms with Crippen LogP contribution in [0.1, 0.15) is 22.9 Å². The van der Waals surface area contributed by atoms with Crippen LogP contribution in [0.15, 0.2) is 23.1 Å². The molecule has 0 aromatic heterocycles. The fourth-order valence-corrected chi connectivity index (χ4v) is 2.97. The van der Waals surface area contributed by atoms with Crippen molar-refractivity contribution in [1.29, 1.82) is 0 Å². The van der Waals surface area contributed by atoms with Crippen LogP contribution in [0.3, 0.4) is 0 Å². The highest BCUT2D eigenvalue weighted by atomic mass is 79.9. The van der Waals surface area contributed by atoms with Gasteiger partial charge < -0.3 is 0 Å². The highest BCUT2D eigenvalue weighted by Crippen LogP contribution is 2.40. The van der Waals surface area contributed by atoms with E-state index in [2.05, 4.69) is 31.9 Å². The van der Waals surface area contributed by atoms with Gasteiger partial charge in [0.15, 0.2) is 0 Å². The van der Waals surface area contributed by atoms with Gasteiger partial charge in [-0.05, 0) is 35.9 Å². The summed E-state index contributed by atoms with van der Waals surface area (Å²) < 4.78 is 37.3. The average Bonchev–Trinajstić information content (AvgIpc) is 2.25. The predicted octanol–water partition coefficient (Wildman–Crippen LogP) is 5.22. The molecule has 1 rings (SSSR count). The number of alkyl halides is 5. The van der Waals surface area contributed by atoms with Crippen LogP contribution in [-0.4, -0.2) is 11.3 Å². The van der Waals surface area contributed by atoms with Crippen molar-refractivity contribution in [2.75, 3.05) is 0 Å². The lowest BCUT2D eigenvalue weighted by Crippen LogP contribution is -2.04. The second-order valence-electron chi connectivity index (χ2n) is 3.52. The van der Waals surface area contributed by atoms with Crippen LogP contribution in [0.4, 0.5) is 13.2 Å². The Morgan fingerprint density at radius 3 is 2.50 bits per heavy atom. The third-order valence-corrected chi connectivity index (χ3v) is 4.72. The molecule has 0 saturated carbocycles. The first-order valence-corrected chi connectivity index (χ1v) is 7.69. The van der Waals surface area contributed by atoms with Crippen LogP contribution in [0.25, 0.3) is 0 Å². The summed E-state index contributed by atoms with van der Waals surface area (Å²) in [5.74, 6) is -0.149. The highest BCUT2D eigenvalue weighted by molar-refractivity contribution is 9.09. The molecular weight excluding hydrogens is 397 g/mol. The van der Waals surface area contributed by atoms with Gasteiger partial charge >= 0.3 is 5.51 Å². The van der Waals surface area contributed by atoms with Gasteiger partial charge in [0.2, 0.25) is 0 Å². The number of hydrogen-bond acceptors (Lipinski definition) is 2. The Bertz CT molecular complexity index is 448. The first-order chi connectivity index (χ1) is 8.24.